The lowest BCUT2D eigenvalue weighted by atomic mass is 9.87. The minimum atomic E-state index is 0.397. The normalized spacial score (nSPS) is 20.3. The lowest BCUT2D eigenvalue weighted by Crippen LogP contribution is -2.06. The maximum Gasteiger partial charge on any atom is 0.146 e. The van der Waals surface area contributed by atoms with Gasteiger partial charge in [0.05, 0.1) is 0 Å². The molecule has 0 amide bonds. The third kappa shape index (κ3) is 3.86. The van der Waals surface area contributed by atoms with Gasteiger partial charge in [0.15, 0.2) is 0 Å². The highest BCUT2D eigenvalue weighted by molar-refractivity contribution is 5.75. The van der Waals surface area contributed by atoms with Gasteiger partial charge in [-0.25, -0.2) is 0 Å². The second-order valence-electron chi connectivity index (χ2n) is 4.53. The quantitative estimate of drug-likeness (QED) is 0.502. The van der Waals surface area contributed by atoms with Gasteiger partial charge < -0.3 is 0 Å². The molecule has 1 rings (SSSR count). The van der Waals surface area contributed by atoms with E-state index in [1.165, 1.54) is 11.1 Å². The van der Waals surface area contributed by atoms with Gasteiger partial charge >= 0.3 is 0 Å². The summed E-state index contributed by atoms with van der Waals surface area (Å²) in [7, 11) is 0. The summed E-state index contributed by atoms with van der Waals surface area (Å²) in [6.07, 6.45) is 10.6. The van der Waals surface area contributed by atoms with Crippen molar-refractivity contribution in [3.63, 3.8) is 0 Å². The molecule has 0 heterocycles. The lowest BCUT2D eigenvalue weighted by molar-refractivity contribution is -0.105. The molecule has 1 nitrogen and oxygen atoms in total. The van der Waals surface area contributed by atoms with Crippen molar-refractivity contribution in [1.29, 1.82) is 0 Å². The number of allylic oxidation sites excluding steroid dienone is 6. The molecule has 0 fully saturated rings. The Morgan fingerprint density at radius 2 is 2.20 bits per heavy atom. The summed E-state index contributed by atoms with van der Waals surface area (Å²) in [5, 5.41) is 0. The number of aldehydes is 1. The molecule has 1 heteroatoms. The first-order valence-corrected chi connectivity index (χ1v) is 5.61. The fraction of sp³-hybridized carbons (Fsp3) is 0.500. The van der Waals surface area contributed by atoms with Crippen LogP contribution in [0.15, 0.2) is 34.9 Å². The Hall–Kier alpha value is -1.11. The van der Waals surface area contributed by atoms with Crippen molar-refractivity contribution in [3.05, 3.63) is 34.9 Å². The SMILES string of the molecule is CC(C)=CCCC1=CC=C(C=O)C(C)C1. The first-order chi connectivity index (χ1) is 7.13. The maximum absolute atomic E-state index is 10.7. The Bertz CT molecular complexity index is 314. The topological polar surface area (TPSA) is 17.1 Å². The van der Waals surface area contributed by atoms with Gasteiger partial charge in [-0.15, -0.1) is 0 Å². The molecule has 0 aromatic heterocycles. The van der Waals surface area contributed by atoms with Gasteiger partial charge in [0.25, 0.3) is 0 Å². The largest absolute Gasteiger partial charge is 0.298 e. The Morgan fingerprint density at radius 3 is 2.73 bits per heavy atom. The summed E-state index contributed by atoms with van der Waals surface area (Å²) in [4.78, 5) is 10.7. The third-order valence-electron chi connectivity index (χ3n) is 2.80. The van der Waals surface area contributed by atoms with Gasteiger partial charge in [0.2, 0.25) is 0 Å². The van der Waals surface area contributed by atoms with E-state index in [-0.39, 0.29) is 0 Å². The molecule has 0 radical (unpaired) electrons. The van der Waals surface area contributed by atoms with Crippen LogP contribution in [0.5, 0.6) is 0 Å². The van der Waals surface area contributed by atoms with Gasteiger partial charge in [0, 0.05) is 0 Å². The average molecular weight is 204 g/mol. The van der Waals surface area contributed by atoms with E-state index >= 15 is 0 Å². The molecule has 82 valence electrons. The van der Waals surface area contributed by atoms with Gasteiger partial charge in [-0.2, -0.15) is 0 Å². The third-order valence-corrected chi connectivity index (χ3v) is 2.80. The van der Waals surface area contributed by atoms with Crippen LogP contribution in [-0.2, 0) is 4.79 Å². The lowest BCUT2D eigenvalue weighted by Gasteiger charge is -2.17. The van der Waals surface area contributed by atoms with Crippen molar-refractivity contribution in [2.75, 3.05) is 0 Å². The summed E-state index contributed by atoms with van der Waals surface area (Å²) >= 11 is 0. The Morgan fingerprint density at radius 1 is 1.47 bits per heavy atom. The smallest absolute Gasteiger partial charge is 0.146 e. The Balaban J connectivity index is 2.52. The number of carbonyl (C=O) groups excluding carboxylic acids is 1. The van der Waals surface area contributed by atoms with Crippen molar-refractivity contribution in [2.24, 2.45) is 5.92 Å². The van der Waals surface area contributed by atoms with Crippen LogP contribution in [0.1, 0.15) is 40.0 Å². The number of hydrogen-bond donors (Lipinski definition) is 0. The van der Waals surface area contributed by atoms with E-state index < -0.39 is 0 Å². The van der Waals surface area contributed by atoms with Crippen LogP contribution in [0.4, 0.5) is 0 Å². The second-order valence-corrected chi connectivity index (χ2v) is 4.53. The zero-order valence-corrected chi connectivity index (χ0v) is 9.92. The zero-order chi connectivity index (χ0) is 11.3. The van der Waals surface area contributed by atoms with E-state index in [9.17, 15) is 4.79 Å². The van der Waals surface area contributed by atoms with Crippen molar-refractivity contribution in [1.82, 2.24) is 0 Å². The highest BCUT2D eigenvalue weighted by atomic mass is 16.1. The Kier molecular flexibility index (Phi) is 4.54. The molecule has 0 bridgehead atoms. The fourth-order valence-corrected chi connectivity index (χ4v) is 1.84. The monoisotopic (exact) mass is 204 g/mol. The van der Waals surface area contributed by atoms with E-state index in [1.807, 2.05) is 6.08 Å². The number of carbonyl (C=O) groups is 1. The predicted molar refractivity (Wildman–Crippen MR) is 64.7 cm³/mol. The molecule has 0 saturated heterocycles. The van der Waals surface area contributed by atoms with Crippen LogP contribution in [0.2, 0.25) is 0 Å². The minimum absolute atomic E-state index is 0.397. The van der Waals surface area contributed by atoms with E-state index in [4.69, 9.17) is 0 Å². The second kappa shape index (κ2) is 5.69. The summed E-state index contributed by atoms with van der Waals surface area (Å²) in [5.74, 6) is 0.397. The Labute approximate surface area is 92.6 Å². The molecule has 1 atom stereocenters. The van der Waals surface area contributed by atoms with E-state index in [0.717, 1.165) is 31.1 Å². The predicted octanol–water partition coefficient (Wildman–Crippen LogP) is 3.82. The van der Waals surface area contributed by atoms with Crippen molar-refractivity contribution in [3.8, 4) is 0 Å². The molecule has 0 N–H and O–H groups in total. The molecule has 0 aliphatic heterocycles. The van der Waals surface area contributed by atoms with Gasteiger partial charge in [-0.1, -0.05) is 36.3 Å². The van der Waals surface area contributed by atoms with Crippen LogP contribution in [0.3, 0.4) is 0 Å². The van der Waals surface area contributed by atoms with E-state index in [2.05, 4.69) is 32.9 Å². The summed E-state index contributed by atoms with van der Waals surface area (Å²) in [6.45, 7) is 6.37. The van der Waals surface area contributed by atoms with Gasteiger partial charge in [-0.3, -0.25) is 4.79 Å². The summed E-state index contributed by atoms with van der Waals surface area (Å²) in [6, 6.07) is 0. The molecule has 0 saturated carbocycles. The molecule has 0 aromatic carbocycles. The molecule has 0 aromatic rings. The molecule has 1 aliphatic carbocycles. The van der Waals surface area contributed by atoms with Gasteiger partial charge in [0.1, 0.15) is 6.29 Å². The number of hydrogen-bond acceptors (Lipinski definition) is 1. The van der Waals surface area contributed by atoms with Crippen LogP contribution in [0, 0.1) is 5.92 Å². The van der Waals surface area contributed by atoms with Gasteiger partial charge in [-0.05, 0) is 44.6 Å². The molecular weight excluding hydrogens is 184 g/mol. The van der Waals surface area contributed by atoms with Crippen molar-refractivity contribution >= 4 is 6.29 Å². The van der Waals surface area contributed by atoms with Crippen LogP contribution in [0.25, 0.3) is 0 Å². The summed E-state index contributed by atoms with van der Waals surface area (Å²) in [5.41, 5.74) is 3.77. The molecular formula is C14H20O. The molecule has 1 aliphatic rings. The van der Waals surface area contributed by atoms with Crippen LogP contribution < -0.4 is 0 Å². The first kappa shape index (κ1) is 12.0. The van der Waals surface area contributed by atoms with Crippen molar-refractivity contribution < 1.29 is 4.79 Å². The van der Waals surface area contributed by atoms with E-state index in [1.54, 1.807) is 0 Å². The minimum Gasteiger partial charge on any atom is -0.298 e. The molecule has 15 heavy (non-hydrogen) atoms. The highest BCUT2D eigenvalue weighted by Crippen LogP contribution is 2.26. The molecule has 1 unspecified atom stereocenters. The maximum atomic E-state index is 10.7. The van der Waals surface area contributed by atoms with Crippen LogP contribution >= 0.6 is 0 Å². The average Bonchev–Trinajstić information content (AvgIpc) is 2.17. The molecule has 0 spiro atoms. The standard InChI is InChI=1S/C14H20O/c1-11(2)5-4-6-13-7-8-14(10-15)12(3)9-13/h5,7-8,10,12H,4,6,9H2,1-3H3. The fourth-order valence-electron chi connectivity index (χ4n) is 1.84. The number of rotatable bonds is 4. The zero-order valence-electron chi connectivity index (χ0n) is 9.92. The van der Waals surface area contributed by atoms with E-state index in [0.29, 0.717) is 5.92 Å². The van der Waals surface area contributed by atoms with Crippen LogP contribution in [-0.4, -0.2) is 6.29 Å². The first-order valence-electron chi connectivity index (χ1n) is 5.61. The van der Waals surface area contributed by atoms with Crippen molar-refractivity contribution in [2.45, 2.75) is 40.0 Å². The summed E-state index contributed by atoms with van der Waals surface area (Å²) < 4.78 is 0. The highest BCUT2D eigenvalue weighted by Gasteiger charge is 2.13.